The van der Waals surface area contributed by atoms with Gasteiger partial charge in [0.05, 0.1) is 12.1 Å². The van der Waals surface area contributed by atoms with Crippen molar-refractivity contribution < 1.29 is 17.5 Å². The standard InChI is InChI=1S/C19H22FN5O3S/c1-11-7-14(20)18-13(17(11)19-21-10-24(2)23-19)8-16(22-18)29(26,27)25-5-3-12-9-28-6-4-15(12)25/h7-8,10,12,15,22H,3-6,9H2,1-2H3/t12-,15+/m1/s1. The van der Waals surface area contributed by atoms with Crippen LogP contribution in [0, 0.1) is 18.7 Å². The third kappa shape index (κ3) is 2.89. The second-order valence-electron chi connectivity index (χ2n) is 7.81. The first kappa shape index (κ1) is 18.7. The number of hydrogen-bond donors (Lipinski definition) is 1. The normalized spacial score (nSPS) is 23.0. The van der Waals surface area contributed by atoms with E-state index in [-0.39, 0.29) is 22.5 Å². The van der Waals surface area contributed by atoms with E-state index in [0.717, 1.165) is 6.42 Å². The van der Waals surface area contributed by atoms with Crippen LogP contribution in [0.15, 0.2) is 23.5 Å². The third-order valence-corrected chi connectivity index (χ3v) is 7.82. The summed E-state index contributed by atoms with van der Waals surface area (Å²) in [7, 11) is -2.04. The summed E-state index contributed by atoms with van der Waals surface area (Å²) >= 11 is 0. The molecule has 10 heteroatoms. The molecule has 2 aromatic heterocycles. The fourth-order valence-corrected chi connectivity index (χ4v) is 6.31. The SMILES string of the molecule is Cc1cc(F)c2[nH]c(S(=O)(=O)N3CC[C@@H]4COCC[C@@H]43)cc2c1-c1ncn(C)n1. The van der Waals surface area contributed by atoms with Gasteiger partial charge in [-0.15, -0.1) is 0 Å². The molecule has 2 fully saturated rings. The molecule has 8 nitrogen and oxygen atoms in total. The molecule has 0 aliphatic carbocycles. The lowest BCUT2D eigenvalue weighted by Crippen LogP contribution is -2.41. The second kappa shape index (κ2) is 6.61. The Labute approximate surface area is 167 Å². The van der Waals surface area contributed by atoms with Gasteiger partial charge in [0.25, 0.3) is 10.0 Å². The largest absolute Gasteiger partial charge is 0.381 e. The maximum absolute atomic E-state index is 14.7. The van der Waals surface area contributed by atoms with Crippen LogP contribution in [-0.4, -0.2) is 58.3 Å². The number of rotatable bonds is 3. The highest BCUT2D eigenvalue weighted by Gasteiger charge is 2.43. The fourth-order valence-electron chi connectivity index (χ4n) is 4.58. The molecular formula is C19H22FN5O3S. The van der Waals surface area contributed by atoms with E-state index in [0.29, 0.717) is 48.5 Å². The van der Waals surface area contributed by atoms with Crippen molar-refractivity contribution in [2.24, 2.45) is 13.0 Å². The highest BCUT2D eigenvalue weighted by Crippen LogP contribution is 2.37. The summed E-state index contributed by atoms with van der Waals surface area (Å²) in [5, 5.41) is 4.79. The van der Waals surface area contributed by atoms with E-state index in [4.69, 9.17) is 4.74 Å². The van der Waals surface area contributed by atoms with E-state index in [9.17, 15) is 12.8 Å². The van der Waals surface area contributed by atoms with Crippen LogP contribution in [0.4, 0.5) is 4.39 Å². The summed E-state index contributed by atoms with van der Waals surface area (Å²) in [6.07, 6.45) is 3.02. The lowest BCUT2D eigenvalue weighted by Gasteiger charge is -2.30. The van der Waals surface area contributed by atoms with Crippen LogP contribution < -0.4 is 0 Å². The molecular weight excluding hydrogens is 397 g/mol. The van der Waals surface area contributed by atoms with Gasteiger partial charge in [-0.25, -0.2) is 17.8 Å². The number of sulfonamides is 1. The van der Waals surface area contributed by atoms with Crippen LogP contribution in [-0.2, 0) is 21.8 Å². The summed E-state index contributed by atoms with van der Waals surface area (Å²) in [4.78, 5) is 7.09. The Morgan fingerprint density at radius 3 is 2.90 bits per heavy atom. The van der Waals surface area contributed by atoms with Gasteiger partial charge < -0.3 is 9.72 Å². The highest BCUT2D eigenvalue weighted by atomic mass is 32.2. The molecule has 2 aliphatic heterocycles. The number of nitrogens with zero attached hydrogens (tertiary/aromatic N) is 4. The first-order valence-corrected chi connectivity index (χ1v) is 11.1. The number of hydrogen-bond acceptors (Lipinski definition) is 5. The Balaban J connectivity index is 1.64. The quantitative estimate of drug-likeness (QED) is 0.703. The second-order valence-corrected chi connectivity index (χ2v) is 9.67. The predicted molar refractivity (Wildman–Crippen MR) is 104 cm³/mol. The minimum Gasteiger partial charge on any atom is -0.381 e. The predicted octanol–water partition coefficient (Wildman–Crippen LogP) is 2.21. The van der Waals surface area contributed by atoms with Crippen molar-refractivity contribution in [1.82, 2.24) is 24.1 Å². The lowest BCUT2D eigenvalue weighted by molar-refractivity contribution is 0.0364. The minimum atomic E-state index is -3.78. The number of benzene rings is 1. The molecule has 2 aliphatic rings. The average molecular weight is 419 g/mol. The Kier molecular flexibility index (Phi) is 4.27. The molecule has 4 heterocycles. The van der Waals surface area contributed by atoms with Crippen LogP contribution in [0.1, 0.15) is 18.4 Å². The molecule has 3 aromatic rings. The van der Waals surface area contributed by atoms with Gasteiger partial charge in [-0.3, -0.25) is 4.68 Å². The smallest absolute Gasteiger partial charge is 0.258 e. The van der Waals surface area contributed by atoms with Crippen molar-refractivity contribution in [2.75, 3.05) is 19.8 Å². The van der Waals surface area contributed by atoms with Gasteiger partial charge in [0.15, 0.2) is 5.82 Å². The molecule has 2 saturated heterocycles. The molecule has 1 aromatic carbocycles. The number of aromatic nitrogens is 4. The molecule has 0 saturated carbocycles. The van der Waals surface area contributed by atoms with E-state index in [1.165, 1.54) is 12.1 Å². The summed E-state index contributed by atoms with van der Waals surface area (Å²) in [5.74, 6) is 0.155. The van der Waals surface area contributed by atoms with Gasteiger partial charge in [0, 0.05) is 43.1 Å². The minimum absolute atomic E-state index is 0.00122. The van der Waals surface area contributed by atoms with Crippen molar-refractivity contribution in [3.63, 3.8) is 0 Å². The van der Waals surface area contributed by atoms with E-state index in [1.807, 2.05) is 0 Å². The van der Waals surface area contributed by atoms with E-state index in [1.54, 1.807) is 29.3 Å². The zero-order valence-electron chi connectivity index (χ0n) is 16.2. The summed E-state index contributed by atoms with van der Waals surface area (Å²) < 4.78 is 50.1. The third-order valence-electron chi connectivity index (χ3n) is 5.97. The van der Waals surface area contributed by atoms with Gasteiger partial charge in [-0.05, 0) is 37.5 Å². The summed E-state index contributed by atoms with van der Waals surface area (Å²) in [6, 6.07) is 2.83. The first-order valence-electron chi connectivity index (χ1n) is 9.63. The molecule has 0 radical (unpaired) electrons. The van der Waals surface area contributed by atoms with Crippen LogP contribution >= 0.6 is 0 Å². The maximum atomic E-state index is 14.7. The topological polar surface area (TPSA) is 93.1 Å². The monoisotopic (exact) mass is 419 g/mol. The van der Waals surface area contributed by atoms with E-state index in [2.05, 4.69) is 15.1 Å². The van der Waals surface area contributed by atoms with Gasteiger partial charge in [-0.2, -0.15) is 9.40 Å². The van der Waals surface area contributed by atoms with E-state index < -0.39 is 15.8 Å². The molecule has 0 bridgehead atoms. The van der Waals surface area contributed by atoms with Gasteiger partial charge >= 0.3 is 0 Å². The van der Waals surface area contributed by atoms with Gasteiger partial charge in [0.2, 0.25) is 0 Å². The fraction of sp³-hybridized carbons (Fsp3) is 0.474. The Bertz CT molecular complexity index is 1200. The van der Waals surface area contributed by atoms with Crippen molar-refractivity contribution >= 4 is 20.9 Å². The number of aryl methyl sites for hydroxylation is 2. The first-order chi connectivity index (χ1) is 13.9. The molecule has 154 valence electrons. The maximum Gasteiger partial charge on any atom is 0.258 e. The highest BCUT2D eigenvalue weighted by molar-refractivity contribution is 7.89. The number of ether oxygens (including phenoxy) is 1. The lowest BCUT2D eigenvalue weighted by atomic mass is 9.98. The van der Waals surface area contributed by atoms with Crippen molar-refractivity contribution in [2.45, 2.75) is 30.8 Å². The van der Waals surface area contributed by atoms with Crippen LogP contribution in [0.3, 0.4) is 0 Å². The van der Waals surface area contributed by atoms with Crippen molar-refractivity contribution in [3.8, 4) is 11.4 Å². The number of halogens is 1. The molecule has 5 rings (SSSR count). The van der Waals surface area contributed by atoms with Gasteiger partial charge in [0.1, 0.15) is 17.2 Å². The Morgan fingerprint density at radius 1 is 1.31 bits per heavy atom. The average Bonchev–Trinajstić information content (AvgIpc) is 3.40. The number of nitrogens with one attached hydrogen (secondary N) is 1. The van der Waals surface area contributed by atoms with Crippen LogP contribution in [0.2, 0.25) is 0 Å². The molecule has 2 atom stereocenters. The molecule has 0 spiro atoms. The van der Waals surface area contributed by atoms with Crippen LogP contribution in [0.5, 0.6) is 0 Å². The zero-order valence-corrected chi connectivity index (χ0v) is 17.0. The van der Waals surface area contributed by atoms with E-state index >= 15 is 0 Å². The van der Waals surface area contributed by atoms with Crippen molar-refractivity contribution in [1.29, 1.82) is 0 Å². The van der Waals surface area contributed by atoms with Crippen molar-refractivity contribution in [3.05, 3.63) is 29.8 Å². The molecule has 1 N–H and O–H groups in total. The molecule has 29 heavy (non-hydrogen) atoms. The number of H-pyrrole nitrogens is 1. The summed E-state index contributed by atoms with van der Waals surface area (Å²) in [6.45, 7) is 3.37. The summed E-state index contributed by atoms with van der Waals surface area (Å²) in [5.41, 5.74) is 1.43. The molecule has 0 unspecified atom stereocenters. The molecule has 0 amide bonds. The van der Waals surface area contributed by atoms with Crippen LogP contribution in [0.25, 0.3) is 22.3 Å². The number of fused-ring (bicyclic) bond motifs is 2. The Morgan fingerprint density at radius 2 is 2.14 bits per heavy atom. The van der Waals surface area contributed by atoms with Gasteiger partial charge in [-0.1, -0.05) is 0 Å². The zero-order chi connectivity index (χ0) is 20.3. The Hall–Kier alpha value is -2.30. The number of aromatic amines is 1.